The number of aromatic amines is 2. The average molecular weight is 281 g/mol. The molecular formula is C16H15N3O2. The molecule has 2 aromatic carbocycles. The van der Waals surface area contributed by atoms with Gasteiger partial charge in [-0.15, -0.1) is 0 Å². The predicted octanol–water partition coefficient (Wildman–Crippen LogP) is 1.57. The molecule has 0 bridgehead atoms. The van der Waals surface area contributed by atoms with Crippen molar-refractivity contribution in [2.45, 2.75) is 13.0 Å². The second kappa shape index (κ2) is 5.03. The first-order valence-corrected chi connectivity index (χ1v) is 6.63. The van der Waals surface area contributed by atoms with Crippen LogP contribution in [0.1, 0.15) is 22.7 Å². The Hall–Kier alpha value is -2.66. The van der Waals surface area contributed by atoms with Crippen LogP contribution in [0.4, 0.5) is 0 Å². The fourth-order valence-corrected chi connectivity index (χ4v) is 2.29. The Balaban J connectivity index is 2.08. The summed E-state index contributed by atoms with van der Waals surface area (Å²) in [7, 11) is 0. The zero-order chi connectivity index (χ0) is 15.0. The van der Waals surface area contributed by atoms with Crippen molar-refractivity contribution in [1.82, 2.24) is 9.97 Å². The van der Waals surface area contributed by atoms with Crippen molar-refractivity contribution in [3.8, 4) is 0 Å². The van der Waals surface area contributed by atoms with Gasteiger partial charge in [0.15, 0.2) is 0 Å². The summed E-state index contributed by atoms with van der Waals surface area (Å²) in [5.41, 5.74) is 9.13. The van der Waals surface area contributed by atoms with Crippen LogP contribution in [0.25, 0.3) is 11.0 Å². The number of rotatable bonds is 2. The van der Waals surface area contributed by atoms with Crippen LogP contribution in [0, 0.1) is 6.92 Å². The van der Waals surface area contributed by atoms with Crippen LogP contribution >= 0.6 is 0 Å². The molecule has 0 saturated heterocycles. The summed E-state index contributed by atoms with van der Waals surface area (Å²) in [6, 6.07) is 13.1. The van der Waals surface area contributed by atoms with Gasteiger partial charge in [0.1, 0.15) is 0 Å². The number of aromatic nitrogens is 2. The molecule has 0 radical (unpaired) electrons. The highest BCUT2D eigenvalue weighted by atomic mass is 16.2. The number of fused-ring (bicyclic) bond motifs is 1. The zero-order valence-corrected chi connectivity index (χ0v) is 11.5. The summed E-state index contributed by atoms with van der Waals surface area (Å²) in [6.07, 6.45) is 0. The zero-order valence-electron chi connectivity index (χ0n) is 11.5. The minimum atomic E-state index is -0.663. The monoisotopic (exact) mass is 281 g/mol. The van der Waals surface area contributed by atoms with Gasteiger partial charge in [-0.05, 0) is 30.2 Å². The largest absolute Gasteiger partial charge is 0.320 e. The molecule has 4 N–H and O–H groups in total. The number of H-pyrrole nitrogens is 2. The molecule has 0 aliphatic rings. The van der Waals surface area contributed by atoms with E-state index in [0.29, 0.717) is 11.0 Å². The van der Waals surface area contributed by atoms with E-state index in [-0.39, 0.29) is 6.04 Å². The van der Waals surface area contributed by atoms with Gasteiger partial charge < -0.3 is 15.7 Å². The normalized spacial score (nSPS) is 12.5. The number of hydrogen-bond acceptors (Lipinski definition) is 3. The van der Waals surface area contributed by atoms with Crippen molar-refractivity contribution in [3.05, 3.63) is 79.9 Å². The molecular weight excluding hydrogens is 266 g/mol. The van der Waals surface area contributed by atoms with Gasteiger partial charge in [-0.25, -0.2) is 0 Å². The standard InChI is InChI=1S/C16H15N3O2/c1-9-2-4-10(5-3-9)14(17)11-6-7-12-13(8-11)19-16(21)15(20)18-12/h2-8,14H,17H2,1H3,(H,18,20)(H,19,21). The second-order valence-corrected chi connectivity index (χ2v) is 5.10. The predicted molar refractivity (Wildman–Crippen MR) is 82.4 cm³/mol. The molecule has 0 amide bonds. The topological polar surface area (TPSA) is 91.7 Å². The van der Waals surface area contributed by atoms with Gasteiger partial charge in [0.05, 0.1) is 17.1 Å². The molecule has 0 fully saturated rings. The maximum absolute atomic E-state index is 11.4. The molecule has 1 aromatic heterocycles. The fourth-order valence-electron chi connectivity index (χ4n) is 2.29. The molecule has 1 unspecified atom stereocenters. The minimum absolute atomic E-state index is 0.287. The van der Waals surface area contributed by atoms with Crippen molar-refractivity contribution in [3.63, 3.8) is 0 Å². The molecule has 0 spiro atoms. The molecule has 1 heterocycles. The summed E-state index contributed by atoms with van der Waals surface area (Å²) in [4.78, 5) is 27.8. The van der Waals surface area contributed by atoms with Crippen molar-refractivity contribution in [2.24, 2.45) is 5.73 Å². The lowest BCUT2D eigenvalue weighted by molar-refractivity contribution is 0.871. The first-order chi connectivity index (χ1) is 10.0. The van der Waals surface area contributed by atoms with Gasteiger partial charge >= 0.3 is 11.1 Å². The maximum atomic E-state index is 11.4. The molecule has 5 heteroatoms. The highest BCUT2D eigenvalue weighted by Crippen LogP contribution is 2.21. The van der Waals surface area contributed by atoms with Crippen LogP contribution in [0.15, 0.2) is 52.1 Å². The summed E-state index contributed by atoms with van der Waals surface area (Å²) < 4.78 is 0. The third kappa shape index (κ3) is 2.51. The van der Waals surface area contributed by atoms with E-state index >= 15 is 0 Å². The van der Waals surface area contributed by atoms with Gasteiger partial charge in [0, 0.05) is 0 Å². The van der Waals surface area contributed by atoms with Crippen molar-refractivity contribution in [2.75, 3.05) is 0 Å². The van der Waals surface area contributed by atoms with Crippen molar-refractivity contribution < 1.29 is 0 Å². The lowest BCUT2D eigenvalue weighted by atomic mass is 9.98. The third-order valence-electron chi connectivity index (χ3n) is 3.54. The van der Waals surface area contributed by atoms with Crippen LogP contribution in [0.2, 0.25) is 0 Å². The van der Waals surface area contributed by atoms with Gasteiger partial charge in [0.25, 0.3) is 0 Å². The highest BCUT2D eigenvalue weighted by Gasteiger charge is 2.10. The van der Waals surface area contributed by atoms with Gasteiger partial charge in [-0.1, -0.05) is 35.9 Å². The van der Waals surface area contributed by atoms with Crippen molar-refractivity contribution in [1.29, 1.82) is 0 Å². The number of aryl methyl sites for hydroxylation is 1. The van der Waals surface area contributed by atoms with E-state index < -0.39 is 11.1 Å². The number of hydrogen-bond donors (Lipinski definition) is 3. The van der Waals surface area contributed by atoms with Crippen LogP contribution in [-0.4, -0.2) is 9.97 Å². The quantitative estimate of drug-likeness (QED) is 0.623. The SMILES string of the molecule is Cc1ccc(C(N)c2ccc3[nH]c(=O)c(=O)[nH]c3c2)cc1. The van der Waals surface area contributed by atoms with E-state index in [9.17, 15) is 9.59 Å². The number of nitrogens with two attached hydrogens (primary N) is 1. The highest BCUT2D eigenvalue weighted by molar-refractivity contribution is 5.74. The summed E-state index contributed by atoms with van der Waals surface area (Å²) in [6.45, 7) is 2.02. The first-order valence-electron chi connectivity index (χ1n) is 6.63. The lowest BCUT2D eigenvalue weighted by Gasteiger charge is -2.13. The van der Waals surface area contributed by atoms with Crippen molar-refractivity contribution >= 4 is 11.0 Å². The Morgan fingerprint density at radius 3 is 2.10 bits per heavy atom. The molecule has 0 aliphatic carbocycles. The van der Waals surface area contributed by atoms with Crippen LogP contribution in [-0.2, 0) is 0 Å². The van der Waals surface area contributed by atoms with E-state index in [1.54, 1.807) is 12.1 Å². The van der Waals surface area contributed by atoms with E-state index in [1.165, 1.54) is 5.56 Å². The average Bonchev–Trinajstić information content (AvgIpc) is 2.48. The molecule has 106 valence electrons. The Kier molecular flexibility index (Phi) is 3.19. The smallest absolute Gasteiger partial charge is 0.314 e. The summed E-state index contributed by atoms with van der Waals surface area (Å²) in [5.74, 6) is 0. The fraction of sp³-hybridized carbons (Fsp3) is 0.125. The van der Waals surface area contributed by atoms with Gasteiger partial charge in [-0.3, -0.25) is 9.59 Å². The molecule has 0 saturated carbocycles. The second-order valence-electron chi connectivity index (χ2n) is 5.10. The molecule has 3 rings (SSSR count). The first kappa shape index (κ1) is 13.3. The maximum Gasteiger partial charge on any atom is 0.314 e. The molecule has 1 atom stereocenters. The summed E-state index contributed by atoms with van der Waals surface area (Å²) in [5, 5.41) is 0. The summed E-state index contributed by atoms with van der Waals surface area (Å²) >= 11 is 0. The van der Waals surface area contributed by atoms with Crippen LogP contribution < -0.4 is 16.9 Å². The van der Waals surface area contributed by atoms with E-state index in [0.717, 1.165) is 11.1 Å². The Morgan fingerprint density at radius 1 is 0.857 bits per heavy atom. The Morgan fingerprint density at radius 2 is 1.43 bits per heavy atom. The number of nitrogens with one attached hydrogen (secondary N) is 2. The van der Waals surface area contributed by atoms with Gasteiger partial charge in [0.2, 0.25) is 0 Å². The molecule has 21 heavy (non-hydrogen) atoms. The number of benzene rings is 2. The molecule has 5 nitrogen and oxygen atoms in total. The van der Waals surface area contributed by atoms with Crippen LogP contribution in [0.5, 0.6) is 0 Å². The molecule has 3 aromatic rings. The van der Waals surface area contributed by atoms with E-state index in [2.05, 4.69) is 9.97 Å². The van der Waals surface area contributed by atoms with Gasteiger partial charge in [-0.2, -0.15) is 0 Å². The Labute approximate surface area is 120 Å². The minimum Gasteiger partial charge on any atom is -0.320 e. The van der Waals surface area contributed by atoms with E-state index in [4.69, 9.17) is 5.73 Å². The molecule has 0 aliphatic heterocycles. The van der Waals surface area contributed by atoms with Crippen LogP contribution in [0.3, 0.4) is 0 Å². The Bertz CT molecular complexity index is 907. The third-order valence-corrected chi connectivity index (χ3v) is 3.54. The lowest BCUT2D eigenvalue weighted by Crippen LogP contribution is -2.29. The van der Waals surface area contributed by atoms with E-state index in [1.807, 2.05) is 37.3 Å².